The summed E-state index contributed by atoms with van der Waals surface area (Å²) < 4.78 is 34.2. The highest BCUT2D eigenvalue weighted by atomic mass is 32.2. The second kappa shape index (κ2) is 11.7. The number of benzene rings is 3. The van der Waals surface area contributed by atoms with E-state index in [0.717, 1.165) is 16.7 Å². The molecule has 1 N–H and O–H groups in total. The minimum atomic E-state index is -3.98. The molecule has 2 atom stereocenters. The van der Waals surface area contributed by atoms with E-state index in [1.165, 1.54) is 16.1 Å². The van der Waals surface area contributed by atoms with Crippen LogP contribution in [-0.2, 0) is 37.4 Å². The monoisotopic (exact) mass is 552 g/mol. The summed E-state index contributed by atoms with van der Waals surface area (Å²) >= 11 is 1.24. The van der Waals surface area contributed by atoms with E-state index in [4.69, 9.17) is 4.74 Å². The number of thioether (sulfide) groups is 1. The van der Waals surface area contributed by atoms with Gasteiger partial charge in [-0.3, -0.25) is 4.79 Å². The predicted molar refractivity (Wildman–Crippen MR) is 149 cm³/mol. The summed E-state index contributed by atoms with van der Waals surface area (Å²) in [5, 5.41) is 1.77. The second-order valence-corrected chi connectivity index (χ2v) is 12.8. The van der Waals surface area contributed by atoms with Gasteiger partial charge in [0.2, 0.25) is 15.9 Å². The summed E-state index contributed by atoms with van der Waals surface area (Å²) in [4.78, 5) is 26.9. The maximum atomic E-state index is 13.7. The first-order chi connectivity index (χ1) is 18.1. The maximum Gasteiger partial charge on any atom is 0.329 e. The highest BCUT2D eigenvalue weighted by Crippen LogP contribution is 2.41. The fraction of sp³-hybridized carbons (Fsp3) is 0.310. The zero-order valence-electron chi connectivity index (χ0n) is 21.7. The van der Waals surface area contributed by atoms with E-state index < -0.39 is 38.9 Å². The Balaban J connectivity index is 1.56. The van der Waals surface area contributed by atoms with Gasteiger partial charge in [-0.15, -0.1) is 11.8 Å². The minimum Gasteiger partial charge on any atom is -0.459 e. The van der Waals surface area contributed by atoms with Crippen LogP contribution in [0.15, 0.2) is 89.8 Å². The van der Waals surface area contributed by atoms with Crippen LogP contribution in [0, 0.1) is 6.92 Å². The quantitative estimate of drug-likeness (QED) is 0.398. The van der Waals surface area contributed by atoms with E-state index in [-0.39, 0.29) is 17.9 Å². The molecule has 1 aliphatic rings. The number of sulfonamides is 1. The summed E-state index contributed by atoms with van der Waals surface area (Å²) in [6.45, 7) is 5.55. The zero-order valence-corrected chi connectivity index (χ0v) is 23.3. The molecule has 1 amide bonds. The maximum absolute atomic E-state index is 13.7. The predicted octanol–water partition coefficient (Wildman–Crippen LogP) is 4.31. The second-order valence-electron chi connectivity index (χ2n) is 9.93. The van der Waals surface area contributed by atoms with E-state index in [0.29, 0.717) is 5.75 Å². The van der Waals surface area contributed by atoms with E-state index in [2.05, 4.69) is 5.32 Å². The summed E-state index contributed by atoms with van der Waals surface area (Å²) in [6.07, 6.45) is 0.214. The van der Waals surface area contributed by atoms with Gasteiger partial charge in [-0.1, -0.05) is 78.4 Å². The number of carbonyl (C=O) groups excluding carboxylic acids is 2. The van der Waals surface area contributed by atoms with Gasteiger partial charge < -0.3 is 10.1 Å². The van der Waals surface area contributed by atoms with Gasteiger partial charge in [0.05, 0.1) is 4.90 Å². The van der Waals surface area contributed by atoms with Gasteiger partial charge in [-0.2, -0.15) is 4.31 Å². The first-order valence-electron chi connectivity index (χ1n) is 12.4. The molecule has 1 fully saturated rings. The molecule has 1 heterocycles. The molecular formula is C29H32N2O5S2. The van der Waals surface area contributed by atoms with Crippen LogP contribution in [0.3, 0.4) is 0 Å². The molecular weight excluding hydrogens is 520 g/mol. The van der Waals surface area contributed by atoms with Crippen LogP contribution in [0.25, 0.3) is 0 Å². The van der Waals surface area contributed by atoms with Crippen molar-refractivity contribution in [1.29, 1.82) is 0 Å². The van der Waals surface area contributed by atoms with Gasteiger partial charge in [0, 0.05) is 17.7 Å². The van der Waals surface area contributed by atoms with Crippen molar-refractivity contribution in [3.8, 4) is 0 Å². The average molecular weight is 553 g/mol. The van der Waals surface area contributed by atoms with Crippen molar-refractivity contribution in [3.63, 3.8) is 0 Å². The number of hydrogen-bond donors (Lipinski definition) is 1. The lowest BCUT2D eigenvalue weighted by molar-refractivity contribution is -0.149. The number of nitrogens with one attached hydrogen (secondary N) is 1. The van der Waals surface area contributed by atoms with Gasteiger partial charge in [0.25, 0.3) is 0 Å². The molecule has 0 aliphatic carbocycles. The first kappa shape index (κ1) is 27.9. The molecule has 38 heavy (non-hydrogen) atoms. The van der Waals surface area contributed by atoms with Crippen LogP contribution in [0.5, 0.6) is 0 Å². The van der Waals surface area contributed by atoms with Crippen molar-refractivity contribution in [1.82, 2.24) is 9.62 Å². The number of ether oxygens (including phenoxy) is 1. The standard InChI is InChI=1S/C29H32N2O5S2/c1-21-14-16-24(17-15-21)38(34,35)31-27(37-20-29(31,2)3)26(32)30-25(18-22-10-6-4-7-11-22)28(33)36-19-23-12-8-5-9-13-23/h4-17,25,27H,18-20H2,1-3H3,(H,30,32)/t25-,27-/m0/s1. The van der Waals surface area contributed by atoms with Crippen molar-refractivity contribution in [3.05, 3.63) is 102 Å². The lowest BCUT2D eigenvalue weighted by atomic mass is 10.1. The molecule has 1 aliphatic heterocycles. The molecule has 9 heteroatoms. The van der Waals surface area contributed by atoms with Crippen LogP contribution >= 0.6 is 11.8 Å². The molecule has 1 saturated heterocycles. The largest absolute Gasteiger partial charge is 0.459 e. The van der Waals surface area contributed by atoms with Gasteiger partial charge in [-0.25, -0.2) is 13.2 Å². The fourth-order valence-corrected chi connectivity index (χ4v) is 8.02. The Labute approximate surface area is 228 Å². The summed E-state index contributed by atoms with van der Waals surface area (Å²) in [5.74, 6) is -0.701. The number of aryl methyl sites for hydroxylation is 1. The van der Waals surface area contributed by atoms with E-state index in [9.17, 15) is 18.0 Å². The number of hydrogen-bond acceptors (Lipinski definition) is 6. The molecule has 0 radical (unpaired) electrons. The molecule has 7 nitrogen and oxygen atoms in total. The van der Waals surface area contributed by atoms with Crippen molar-refractivity contribution in [2.45, 2.75) is 55.6 Å². The van der Waals surface area contributed by atoms with Crippen LogP contribution in [-0.4, -0.2) is 47.3 Å². The number of esters is 1. The normalized spacial score (nSPS) is 18.0. The highest BCUT2D eigenvalue weighted by molar-refractivity contribution is 8.02. The number of amides is 1. The Morgan fingerprint density at radius 3 is 2.16 bits per heavy atom. The molecule has 3 aromatic carbocycles. The Morgan fingerprint density at radius 1 is 0.974 bits per heavy atom. The summed E-state index contributed by atoms with van der Waals surface area (Å²) in [7, 11) is -3.98. The van der Waals surface area contributed by atoms with Gasteiger partial charge >= 0.3 is 5.97 Å². The smallest absolute Gasteiger partial charge is 0.329 e. The third kappa shape index (κ3) is 6.46. The molecule has 0 spiro atoms. The molecule has 3 aromatic rings. The lowest BCUT2D eigenvalue weighted by Crippen LogP contribution is -2.55. The first-order valence-corrected chi connectivity index (χ1v) is 14.8. The fourth-order valence-electron chi connectivity index (χ4n) is 4.30. The highest BCUT2D eigenvalue weighted by Gasteiger charge is 2.51. The summed E-state index contributed by atoms with van der Waals surface area (Å²) in [5.41, 5.74) is 1.80. The van der Waals surface area contributed by atoms with Gasteiger partial charge in [0.1, 0.15) is 18.0 Å². The topological polar surface area (TPSA) is 92.8 Å². The van der Waals surface area contributed by atoms with Crippen LogP contribution in [0.4, 0.5) is 0 Å². The molecule has 0 unspecified atom stereocenters. The van der Waals surface area contributed by atoms with Crippen LogP contribution in [0.2, 0.25) is 0 Å². The van der Waals surface area contributed by atoms with E-state index >= 15 is 0 Å². The molecule has 0 saturated carbocycles. The number of nitrogens with zero attached hydrogens (tertiary/aromatic N) is 1. The van der Waals surface area contributed by atoms with Crippen molar-refractivity contribution in [2.75, 3.05) is 5.75 Å². The average Bonchev–Trinajstić information content (AvgIpc) is 3.24. The Bertz CT molecular complexity index is 1360. The number of carbonyl (C=O) groups is 2. The SMILES string of the molecule is Cc1ccc(S(=O)(=O)N2[C@H](C(=O)N[C@@H](Cc3ccccc3)C(=O)OCc3ccccc3)SCC2(C)C)cc1. The Kier molecular flexibility index (Phi) is 8.60. The molecule has 4 rings (SSSR count). The lowest BCUT2D eigenvalue weighted by Gasteiger charge is -2.33. The molecule has 0 bridgehead atoms. The zero-order chi connectivity index (χ0) is 27.3. The van der Waals surface area contributed by atoms with Crippen LogP contribution in [0.1, 0.15) is 30.5 Å². The number of rotatable bonds is 9. The molecule has 200 valence electrons. The van der Waals surface area contributed by atoms with Crippen molar-refractivity contribution in [2.24, 2.45) is 0 Å². The van der Waals surface area contributed by atoms with E-state index in [1.54, 1.807) is 38.1 Å². The summed E-state index contributed by atoms with van der Waals surface area (Å²) in [6, 6.07) is 24.2. The van der Waals surface area contributed by atoms with Gasteiger partial charge in [-0.05, 0) is 44.0 Å². The third-order valence-corrected chi connectivity index (χ3v) is 10.2. The van der Waals surface area contributed by atoms with Crippen LogP contribution < -0.4 is 5.32 Å². The van der Waals surface area contributed by atoms with Gasteiger partial charge in [0.15, 0.2) is 0 Å². The molecule has 0 aromatic heterocycles. The Hall–Kier alpha value is -3.14. The minimum absolute atomic E-state index is 0.0694. The van der Waals surface area contributed by atoms with E-state index in [1.807, 2.05) is 67.6 Å². The Morgan fingerprint density at radius 2 is 1.55 bits per heavy atom. The van der Waals surface area contributed by atoms with Crippen molar-refractivity contribution < 1.29 is 22.7 Å². The third-order valence-electron chi connectivity index (χ3n) is 6.31. The van der Waals surface area contributed by atoms with Crippen molar-refractivity contribution >= 4 is 33.7 Å².